The zero-order valence-electron chi connectivity index (χ0n) is 9.24. The highest BCUT2D eigenvalue weighted by atomic mass is 16.5. The van der Waals surface area contributed by atoms with E-state index in [4.69, 9.17) is 26.4 Å². The van der Waals surface area contributed by atoms with Crippen LogP contribution in [0.25, 0.3) is 0 Å². The molecule has 0 spiro atoms. The first-order valence-corrected chi connectivity index (χ1v) is 5.28. The summed E-state index contributed by atoms with van der Waals surface area (Å²) in [5.74, 6) is 2.39. The molecule has 4 heteroatoms. The summed E-state index contributed by atoms with van der Waals surface area (Å²) in [6, 6.07) is 0. The molecule has 0 saturated carbocycles. The van der Waals surface area contributed by atoms with E-state index in [1.165, 1.54) is 0 Å². The van der Waals surface area contributed by atoms with E-state index < -0.39 is 0 Å². The van der Waals surface area contributed by atoms with Crippen LogP contribution in [-0.4, -0.2) is 46.2 Å². The van der Waals surface area contributed by atoms with Crippen LogP contribution in [0.5, 0.6) is 0 Å². The molecule has 0 saturated heterocycles. The van der Waals surface area contributed by atoms with E-state index in [1.807, 2.05) is 0 Å². The van der Waals surface area contributed by atoms with Gasteiger partial charge in [0.2, 0.25) is 0 Å². The van der Waals surface area contributed by atoms with Gasteiger partial charge in [-0.3, -0.25) is 0 Å². The maximum Gasteiger partial charge on any atom is 0.107 e. The molecule has 0 atom stereocenters. The summed E-state index contributed by atoms with van der Waals surface area (Å²) in [5, 5.41) is 0. The lowest BCUT2D eigenvalue weighted by Crippen LogP contribution is -2.10. The maximum absolute atomic E-state index is 5.34. The van der Waals surface area contributed by atoms with Crippen LogP contribution in [-0.2, 0) is 14.2 Å². The fourth-order valence-corrected chi connectivity index (χ4v) is 0.919. The molecule has 0 fully saturated rings. The lowest BCUT2D eigenvalue weighted by atomic mass is 10.3. The SMILES string of the molecule is C#CCOCCOCCOCCCCN. The van der Waals surface area contributed by atoms with E-state index in [9.17, 15) is 0 Å². The molecule has 0 unspecified atom stereocenters. The van der Waals surface area contributed by atoms with Crippen LogP contribution in [0.3, 0.4) is 0 Å². The quantitative estimate of drug-likeness (QED) is 0.400. The number of rotatable bonds is 11. The maximum atomic E-state index is 5.34. The Morgan fingerprint density at radius 1 is 0.867 bits per heavy atom. The topological polar surface area (TPSA) is 53.7 Å². The lowest BCUT2D eigenvalue weighted by molar-refractivity contribution is 0.0196. The molecule has 0 heterocycles. The summed E-state index contributed by atoms with van der Waals surface area (Å²) in [5.41, 5.74) is 5.34. The molecule has 15 heavy (non-hydrogen) atoms. The number of terminal acetylenes is 1. The summed E-state index contributed by atoms with van der Waals surface area (Å²) < 4.78 is 15.6. The highest BCUT2D eigenvalue weighted by Crippen LogP contribution is 1.87. The van der Waals surface area contributed by atoms with Crippen LogP contribution in [0.4, 0.5) is 0 Å². The minimum Gasteiger partial charge on any atom is -0.379 e. The Balaban J connectivity index is 2.84. The average molecular weight is 215 g/mol. The molecule has 0 aliphatic heterocycles. The highest BCUT2D eigenvalue weighted by molar-refractivity contribution is 4.82. The van der Waals surface area contributed by atoms with Crippen LogP contribution in [0.2, 0.25) is 0 Å². The van der Waals surface area contributed by atoms with Gasteiger partial charge in [-0.2, -0.15) is 0 Å². The fraction of sp³-hybridized carbons (Fsp3) is 0.818. The normalized spacial score (nSPS) is 10.1. The minimum absolute atomic E-state index is 0.346. The molecular weight excluding hydrogens is 194 g/mol. The predicted octanol–water partition coefficient (Wildman–Crippen LogP) is 0.408. The largest absolute Gasteiger partial charge is 0.379 e. The van der Waals surface area contributed by atoms with Crippen molar-refractivity contribution in [1.29, 1.82) is 0 Å². The average Bonchev–Trinajstić information content (AvgIpc) is 2.26. The second-order valence-corrected chi connectivity index (χ2v) is 2.98. The van der Waals surface area contributed by atoms with Gasteiger partial charge in [0.1, 0.15) is 6.61 Å². The van der Waals surface area contributed by atoms with Gasteiger partial charge in [0, 0.05) is 6.61 Å². The van der Waals surface area contributed by atoms with Crippen molar-refractivity contribution >= 4 is 0 Å². The summed E-state index contributed by atoms with van der Waals surface area (Å²) in [4.78, 5) is 0. The lowest BCUT2D eigenvalue weighted by Gasteiger charge is -2.05. The molecule has 0 aromatic rings. The van der Waals surface area contributed by atoms with Crippen LogP contribution in [0.15, 0.2) is 0 Å². The van der Waals surface area contributed by atoms with Gasteiger partial charge in [-0.05, 0) is 19.4 Å². The summed E-state index contributed by atoms with van der Waals surface area (Å²) in [6.45, 7) is 4.16. The Morgan fingerprint density at radius 3 is 2.07 bits per heavy atom. The van der Waals surface area contributed by atoms with Crippen LogP contribution in [0.1, 0.15) is 12.8 Å². The molecule has 0 aliphatic carbocycles. The molecule has 88 valence electrons. The van der Waals surface area contributed by atoms with Gasteiger partial charge in [0.15, 0.2) is 0 Å². The first kappa shape index (κ1) is 14.4. The van der Waals surface area contributed by atoms with E-state index in [1.54, 1.807) is 0 Å². The second-order valence-electron chi connectivity index (χ2n) is 2.98. The van der Waals surface area contributed by atoms with Gasteiger partial charge in [-0.15, -0.1) is 6.42 Å². The van der Waals surface area contributed by atoms with E-state index in [-0.39, 0.29) is 0 Å². The molecule has 0 amide bonds. The summed E-state index contributed by atoms with van der Waals surface area (Å²) in [7, 11) is 0. The Kier molecular flexibility index (Phi) is 12.9. The van der Waals surface area contributed by atoms with Crippen molar-refractivity contribution in [1.82, 2.24) is 0 Å². The van der Waals surface area contributed by atoms with Crippen molar-refractivity contribution in [3.63, 3.8) is 0 Å². The van der Waals surface area contributed by atoms with Crippen molar-refractivity contribution in [2.75, 3.05) is 46.2 Å². The molecule has 0 bridgehead atoms. The van der Waals surface area contributed by atoms with Crippen molar-refractivity contribution in [3.05, 3.63) is 0 Å². The number of nitrogens with two attached hydrogens (primary N) is 1. The van der Waals surface area contributed by atoms with Crippen LogP contribution < -0.4 is 5.73 Å². The van der Waals surface area contributed by atoms with Crippen molar-refractivity contribution in [2.24, 2.45) is 5.73 Å². The summed E-state index contributed by atoms with van der Waals surface area (Å²) in [6.07, 6.45) is 7.03. The Bertz CT molecular complexity index is 156. The minimum atomic E-state index is 0.346. The second kappa shape index (κ2) is 13.4. The van der Waals surface area contributed by atoms with Gasteiger partial charge in [-0.25, -0.2) is 0 Å². The molecule has 0 radical (unpaired) electrons. The summed E-state index contributed by atoms with van der Waals surface area (Å²) >= 11 is 0. The van der Waals surface area contributed by atoms with Gasteiger partial charge in [0.05, 0.1) is 26.4 Å². The smallest absolute Gasteiger partial charge is 0.107 e. The number of ether oxygens (including phenoxy) is 3. The van der Waals surface area contributed by atoms with E-state index in [0.717, 1.165) is 26.0 Å². The molecule has 0 aromatic carbocycles. The third-order valence-electron chi connectivity index (χ3n) is 1.67. The molecule has 0 rings (SSSR count). The van der Waals surface area contributed by atoms with Crippen LogP contribution in [0, 0.1) is 12.3 Å². The molecule has 0 aliphatic rings. The van der Waals surface area contributed by atoms with Gasteiger partial charge in [0.25, 0.3) is 0 Å². The first-order valence-electron chi connectivity index (χ1n) is 5.28. The Morgan fingerprint density at radius 2 is 1.47 bits per heavy atom. The molecule has 4 nitrogen and oxygen atoms in total. The predicted molar refractivity (Wildman–Crippen MR) is 59.6 cm³/mol. The van der Waals surface area contributed by atoms with E-state index in [0.29, 0.717) is 33.0 Å². The van der Waals surface area contributed by atoms with Crippen LogP contribution >= 0.6 is 0 Å². The molecule has 2 N–H and O–H groups in total. The fourth-order valence-electron chi connectivity index (χ4n) is 0.919. The number of hydrogen-bond donors (Lipinski definition) is 1. The highest BCUT2D eigenvalue weighted by Gasteiger charge is 1.90. The third kappa shape index (κ3) is 13.4. The molecule has 0 aromatic heterocycles. The zero-order valence-corrected chi connectivity index (χ0v) is 9.24. The zero-order chi connectivity index (χ0) is 11.2. The van der Waals surface area contributed by atoms with Crippen molar-refractivity contribution in [3.8, 4) is 12.3 Å². The van der Waals surface area contributed by atoms with Gasteiger partial charge in [-0.1, -0.05) is 5.92 Å². The standard InChI is InChI=1S/C11H21NO3/c1-2-6-13-8-10-15-11-9-14-7-4-3-5-12/h1H,3-12H2. The van der Waals surface area contributed by atoms with Gasteiger partial charge >= 0.3 is 0 Å². The number of hydrogen-bond acceptors (Lipinski definition) is 4. The van der Waals surface area contributed by atoms with Gasteiger partial charge < -0.3 is 19.9 Å². The first-order chi connectivity index (χ1) is 7.41. The Labute approximate surface area is 92.1 Å². The van der Waals surface area contributed by atoms with E-state index >= 15 is 0 Å². The monoisotopic (exact) mass is 215 g/mol. The number of unbranched alkanes of at least 4 members (excludes halogenated alkanes) is 1. The van der Waals surface area contributed by atoms with E-state index in [2.05, 4.69) is 5.92 Å². The third-order valence-corrected chi connectivity index (χ3v) is 1.67. The Hall–Kier alpha value is -0.600. The molecular formula is C11H21NO3. The van der Waals surface area contributed by atoms with Crippen molar-refractivity contribution in [2.45, 2.75) is 12.8 Å². The van der Waals surface area contributed by atoms with Crippen molar-refractivity contribution < 1.29 is 14.2 Å².